The number of fused-ring (bicyclic) bond motifs is 1. The zero-order chi connectivity index (χ0) is 21.8. The summed E-state index contributed by atoms with van der Waals surface area (Å²) in [6.45, 7) is 1.90. The molecule has 3 aromatic carbocycles. The molecule has 0 saturated carbocycles. The predicted octanol–water partition coefficient (Wildman–Crippen LogP) is 5.73. The maximum atomic E-state index is 13.0. The van der Waals surface area contributed by atoms with Crippen molar-refractivity contribution in [3.05, 3.63) is 83.7 Å². The van der Waals surface area contributed by atoms with Gasteiger partial charge in [-0.15, -0.1) is 11.3 Å². The highest BCUT2D eigenvalue weighted by molar-refractivity contribution is 8.01. The molecule has 0 atom stereocenters. The fourth-order valence-corrected chi connectivity index (χ4v) is 4.83. The highest BCUT2D eigenvalue weighted by Crippen LogP contribution is 2.31. The Balaban J connectivity index is 1.39. The van der Waals surface area contributed by atoms with Gasteiger partial charge in [0.1, 0.15) is 5.82 Å². The first kappa shape index (κ1) is 21.0. The number of thiazole rings is 1. The third-order valence-electron chi connectivity index (χ3n) is 4.47. The molecule has 0 unspecified atom stereocenters. The van der Waals surface area contributed by atoms with Crippen molar-refractivity contribution in [3.8, 4) is 0 Å². The number of hydrogen-bond donors (Lipinski definition) is 2. The Kier molecular flexibility index (Phi) is 6.29. The van der Waals surface area contributed by atoms with E-state index in [0.29, 0.717) is 16.9 Å². The van der Waals surface area contributed by atoms with Crippen LogP contribution >= 0.6 is 23.1 Å². The van der Waals surface area contributed by atoms with Gasteiger partial charge in [0.25, 0.3) is 5.91 Å². The Morgan fingerprint density at radius 1 is 1.00 bits per heavy atom. The van der Waals surface area contributed by atoms with Crippen LogP contribution in [0, 0.1) is 12.7 Å². The fraction of sp³-hybridized carbons (Fsp3) is 0.0870. The summed E-state index contributed by atoms with van der Waals surface area (Å²) in [6.07, 6.45) is 0. The lowest BCUT2D eigenvalue weighted by atomic mass is 10.1. The van der Waals surface area contributed by atoms with Crippen LogP contribution in [-0.2, 0) is 4.79 Å². The number of aromatic nitrogens is 1. The number of anilines is 2. The minimum atomic E-state index is -0.351. The van der Waals surface area contributed by atoms with Gasteiger partial charge in [-0.3, -0.25) is 9.59 Å². The van der Waals surface area contributed by atoms with Crippen LogP contribution in [0.25, 0.3) is 10.2 Å². The molecule has 2 amide bonds. The quantitative estimate of drug-likeness (QED) is 0.368. The Morgan fingerprint density at radius 3 is 2.52 bits per heavy atom. The first-order valence-electron chi connectivity index (χ1n) is 9.44. The molecule has 0 aliphatic carbocycles. The van der Waals surface area contributed by atoms with Gasteiger partial charge < -0.3 is 10.6 Å². The van der Waals surface area contributed by atoms with Crippen molar-refractivity contribution >= 4 is 56.5 Å². The van der Waals surface area contributed by atoms with E-state index in [2.05, 4.69) is 15.6 Å². The van der Waals surface area contributed by atoms with E-state index in [1.165, 1.54) is 47.4 Å². The first-order chi connectivity index (χ1) is 15.0. The smallest absolute Gasteiger partial charge is 0.255 e. The normalized spacial score (nSPS) is 10.8. The summed E-state index contributed by atoms with van der Waals surface area (Å²) >= 11 is 2.79. The number of hydrogen-bond acceptors (Lipinski definition) is 5. The maximum absolute atomic E-state index is 13.0. The van der Waals surface area contributed by atoms with Gasteiger partial charge >= 0.3 is 0 Å². The van der Waals surface area contributed by atoms with E-state index in [1.54, 1.807) is 6.07 Å². The summed E-state index contributed by atoms with van der Waals surface area (Å²) in [6, 6.07) is 18.6. The molecule has 31 heavy (non-hydrogen) atoms. The summed E-state index contributed by atoms with van der Waals surface area (Å²) in [4.78, 5) is 29.2. The van der Waals surface area contributed by atoms with Gasteiger partial charge in [-0.25, -0.2) is 9.37 Å². The first-order valence-corrected chi connectivity index (χ1v) is 11.2. The molecule has 0 bridgehead atoms. The van der Waals surface area contributed by atoms with Crippen LogP contribution in [-0.4, -0.2) is 22.6 Å². The number of rotatable bonds is 6. The van der Waals surface area contributed by atoms with Gasteiger partial charge in [0, 0.05) is 16.9 Å². The number of carbonyl (C=O) groups is 2. The molecule has 0 aliphatic rings. The lowest BCUT2D eigenvalue weighted by Gasteiger charge is -2.07. The standard InChI is InChI=1S/C23H18FN3O2S2/c1-14-4-2-3-5-18(14)22(29)26-17-10-11-19-20(12-17)31-23(27-19)30-13-21(28)25-16-8-6-15(24)7-9-16/h2-12H,13H2,1H3,(H,25,28)(H,26,29). The molecule has 0 radical (unpaired) electrons. The van der Waals surface area contributed by atoms with Gasteiger partial charge in [0.2, 0.25) is 5.91 Å². The summed E-state index contributed by atoms with van der Waals surface area (Å²) in [7, 11) is 0. The molecule has 1 heterocycles. The molecular formula is C23H18FN3O2S2. The maximum Gasteiger partial charge on any atom is 0.255 e. The van der Waals surface area contributed by atoms with Crippen molar-refractivity contribution < 1.29 is 14.0 Å². The Hall–Kier alpha value is -3.23. The summed E-state index contributed by atoms with van der Waals surface area (Å²) in [5.41, 5.74) is 3.59. The number of thioether (sulfide) groups is 1. The van der Waals surface area contributed by atoms with Crippen LogP contribution in [0.15, 0.2) is 71.1 Å². The Bertz CT molecular complexity index is 1260. The zero-order valence-corrected chi connectivity index (χ0v) is 18.1. The number of amides is 2. The molecule has 0 aliphatic heterocycles. The van der Waals surface area contributed by atoms with Crippen LogP contribution in [0.4, 0.5) is 15.8 Å². The van der Waals surface area contributed by atoms with Crippen LogP contribution in [0.5, 0.6) is 0 Å². The molecule has 0 saturated heterocycles. The number of aryl methyl sites for hydroxylation is 1. The van der Waals surface area contributed by atoms with Gasteiger partial charge in [0.15, 0.2) is 4.34 Å². The molecule has 0 spiro atoms. The monoisotopic (exact) mass is 451 g/mol. The highest BCUT2D eigenvalue weighted by Gasteiger charge is 2.12. The number of halogens is 1. The second kappa shape index (κ2) is 9.28. The predicted molar refractivity (Wildman–Crippen MR) is 125 cm³/mol. The van der Waals surface area contributed by atoms with Gasteiger partial charge in [0.05, 0.1) is 16.0 Å². The average Bonchev–Trinajstić information content (AvgIpc) is 3.16. The summed E-state index contributed by atoms with van der Waals surface area (Å²) < 4.78 is 14.6. The molecular weight excluding hydrogens is 433 g/mol. The molecule has 156 valence electrons. The van der Waals surface area contributed by atoms with Crippen LogP contribution in [0.2, 0.25) is 0 Å². The van der Waals surface area contributed by atoms with Crippen molar-refractivity contribution in [1.29, 1.82) is 0 Å². The number of nitrogens with zero attached hydrogens (tertiary/aromatic N) is 1. The molecule has 1 aromatic heterocycles. The third kappa shape index (κ3) is 5.28. The molecule has 2 N–H and O–H groups in total. The van der Waals surface area contributed by atoms with Gasteiger partial charge in [-0.05, 0) is 61.0 Å². The molecule has 4 aromatic rings. The topological polar surface area (TPSA) is 71.1 Å². The fourth-order valence-electron chi connectivity index (χ4n) is 2.93. The van der Waals surface area contributed by atoms with E-state index in [9.17, 15) is 14.0 Å². The third-order valence-corrected chi connectivity index (χ3v) is 6.63. The number of nitrogens with one attached hydrogen (secondary N) is 2. The zero-order valence-electron chi connectivity index (χ0n) is 16.5. The number of carbonyl (C=O) groups excluding carboxylic acids is 2. The van der Waals surface area contributed by atoms with Crippen LogP contribution < -0.4 is 10.6 Å². The van der Waals surface area contributed by atoms with Crippen molar-refractivity contribution in [2.75, 3.05) is 16.4 Å². The van der Waals surface area contributed by atoms with Gasteiger partial charge in [-0.2, -0.15) is 0 Å². The SMILES string of the molecule is Cc1ccccc1C(=O)Nc1ccc2nc(SCC(=O)Nc3ccc(F)cc3)sc2c1. The minimum Gasteiger partial charge on any atom is -0.325 e. The van der Waals surface area contributed by atoms with Crippen molar-refractivity contribution in [3.63, 3.8) is 0 Å². The van der Waals surface area contributed by atoms with E-state index in [4.69, 9.17) is 0 Å². The summed E-state index contributed by atoms with van der Waals surface area (Å²) in [5, 5.41) is 5.65. The lowest BCUT2D eigenvalue weighted by molar-refractivity contribution is -0.113. The average molecular weight is 452 g/mol. The lowest BCUT2D eigenvalue weighted by Crippen LogP contribution is -2.13. The second-order valence-electron chi connectivity index (χ2n) is 6.78. The van der Waals surface area contributed by atoms with E-state index in [1.807, 2.05) is 43.3 Å². The van der Waals surface area contributed by atoms with E-state index >= 15 is 0 Å². The molecule has 8 heteroatoms. The Labute approximate surface area is 186 Å². The highest BCUT2D eigenvalue weighted by atomic mass is 32.2. The molecule has 0 fully saturated rings. The van der Waals surface area contributed by atoms with E-state index in [0.717, 1.165) is 20.1 Å². The van der Waals surface area contributed by atoms with Crippen molar-refractivity contribution in [1.82, 2.24) is 4.98 Å². The minimum absolute atomic E-state index is 0.158. The molecule has 4 rings (SSSR count). The number of benzene rings is 3. The van der Waals surface area contributed by atoms with Crippen LogP contribution in [0.1, 0.15) is 15.9 Å². The van der Waals surface area contributed by atoms with Gasteiger partial charge in [-0.1, -0.05) is 30.0 Å². The van der Waals surface area contributed by atoms with E-state index in [-0.39, 0.29) is 23.4 Å². The summed E-state index contributed by atoms with van der Waals surface area (Å²) in [5.74, 6) is -0.513. The van der Waals surface area contributed by atoms with Crippen molar-refractivity contribution in [2.45, 2.75) is 11.3 Å². The van der Waals surface area contributed by atoms with Crippen molar-refractivity contribution in [2.24, 2.45) is 0 Å². The largest absolute Gasteiger partial charge is 0.325 e. The van der Waals surface area contributed by atoms with E-state index < -0.39 is 0 Å². The van der Waals surface area contributed by atoms with Crippen LogP contribution in [0.3, 0.4) is 0 Å². The second-order valence-corrected chi connectivity index (χ2v) is 9.03. The molecule has 5 nitrogen and oxygen atoms in total. The Morgan fingerprint density at radius 2 is 1.74 bits per heavy atom.